The lowest BCUT2D eigenvalue weighted by atomic mass is 9.91. The lowest BCUT2D eigenvalue weighted by Crippen LogP contribution is -2.30. The van der Waals surface area contributed by atoms with Crippen LogP contribution in [0.1, 0.15) is 24.0 Å². The Morgan fingerprint density at radius 1 is 1.50 bits per heavy atom. The van der Waals surface area contributed by atoms with Gasteiger partial charge in [-0.2, -0.15) is 0 Å². The minimum Gasteiger partial charge on any atom is -0.507 e. The summed E-state index contributed by atoms with van der Waals surface area (Å²) in [4.78, 5) is 0. The van der Waals surface area contributed by atoms with Crippen molar-refractivity contribution in [2.45, 2.75) is 26.2 Å². The molecule has 0 aliphatic carbocycles. The molecular formula is C13H18BrNO. The highest BCUT2D eigenvalue weighted by Gasteiger charge is 2.17. The number of nitrogens with one attached hydrogen (secondary N) is 1. The van der Waals surface area contributed by atoms with Crippen LogP contribution in [0.2, 0.25) is 0 Å². The van der Waals surface area contributed by atoms with Crippen molar-refractivity contribution in [3.05, 3.63) is 27.7 Å². The molecule has 2 N–H and O–H groups in total. The molecule has 0 aromatic heterocycles. The fraction of sp³-hybridized carbons (Fsp3) is 0.538. The molecule has 0 radical (unpaired) electrons. The second-order valence-electron chi connectivity index (χ2n) is 4.61. The molecule has 0 amide bonds. The third kappa shape index (κ3) is 2.58. The third-order valence-corrected chi connectivity index (χ3v) is 4.06. The summed E-state index contributed by atoms with van der Waals surface area (Å²) in [6, 6.07) is 3.97. The Kier molecular flexibility index (Phi) is 3.87. The molecule has 2 nitrogen and oxygen atoms in total. The number of piperidine rings is 1. The topological polar surface area (TPSA) is 32.3 Å². The third-order valence-electron chi connectivity index (χ3n) is 3.32. The highest BCUT2D eigenvalue weighted by molar-refractivity contribution is 9.10. The average Bonchev–Trinajstić information content (AvgIpc) is 2.31. The molecule has 1 aromatic carbocycles. The van der Waals surface area contributed by atoms with Crippen LogP contribution in [-0.4, -0.2) is 18.2 Å². The highest BCUT2D eigenvalue weighted by atomic mass is 79.9. The predicted molar refractivity (Wildman–Crippen MR) is 69.8 cm³/mol. The molecule has 16 heavy (non-hydrogen) atoms. The zero-order valence-electron chi connectivity index (χ0n) is 9.59. The van der Waals surface area contributed by atoms with Gasteiger partial charge in [0.1, 0.15) is 5.75 Å². The molecule has 3 heteroatoms. The van der Waals surface area contributed by atoms with Gasteiger partial charge in [0.2, 0.25) is 0 Å². The largest absolute Gasteiger partial charge is 0.507 e. The zero-order chi connectivity index (χ0) is 11.5. The normalized spacial score (nSPS) is 21.0. The first-order valence-corrected chi connectivity index (χ1v) is 6.65. The van der Waals surface area contributed by atoms with Gasteiger partial charge in [-0.05, 0) is 56.8 Å². The zero-order valence-corrected chi connectivity index (χ0v) is 11.2. The maximum atomic E-state index is 10.1. The van der Waals surface area contributed by atoms with E-state index in [1.54, 1.807) is 0 Å². The van der Waals surface area contributed by atoms with Crippen LogP contribution in [0.15, 0.2) is 16.6 Å². The molecule has 1 heterocycles. The number of rotatable bonds is 2. The maximum absolute atomic E-state index is 10.1. The Bertz CT molecular complexity index is 372. The first kappa shape index (κ1) is 11.9. The van der Waals surface area contributed by atoms with Crippen molar-refractivity contribution in [3.63, 3.8) is 0 Å². The van der Waals surface area contributed by atoms with E-state index in [4.69, 9.17) is 0 Å². The van der Waals surface area contributed by atoms with Gasteiger partial charge in [0.25, 0.3) is 0 Å². The van der Waals surface area contributed by atoms with E-state index in [0.29, 0.717) is 11.7 Å². The molecule has 88 valence electrons. The van der Waals surface area contributed by atoms with Gasteiger partial charge in [-0.15, -0.1) is 0 Å². The molecule has 0 bridgehead atoms. The van der Waals surface area contributed by atoms with E-state index in [9.17, 15) is 5.11 Å². The van der Waals surface area contributed by atoms with Crippen LogP contribution in [0, 0.1) is 12.8 Å². The smallest absolute Gasteiger partial charge is 0.122 e. The Labute approximate surface area is 105 Å². The lowest BCUT2D eigenvalue weighted by Gasteiger charge is -2.23. The first-order valence-electron chi connectivity index (χ1n) is 5.86. The number of phenols is 1. The number of aromatic hydroxyl groups is 1. The van der Waals surface area contributed by atoms with Gasteiger partial charge in [-0.25, -0.2) is 0 Å². The first-order chi connectivity index (χ1) is 7.68. The van der Waals surface area contributed by atoms with Crippen molar-refractivity contribution in [2.75, 3.05) is 13.1 Å². The van der Waals surface area contributed by atoms with Crippen molar-refractivity contribution in [1.29, 1.82) is 0 Å². The maximum Gasteiger partial charge on any atom is 0.122 e. The Morgan fingerprint density at radius 3 is 3.00 bits per heavy atom. The van der Waals surface area contributed by atoms with Crippen LogP contribution in [-0.2, 0) is 6.42 Å². The summed E-state index contributed by atoms with van der Waals surface area (Å²) in [5, 5.41) is 13.5. The van der Waals surface area contributed by atoms with E-state index in [1.807, 2.05) is 19.1 Å². The minimum absolute atomic E-state index is 0.458. The second-order valence-corrected chi connectivity index (χ2v) is 5.46. The van der Waals surface area contributed by atoms with Crippen molar-refractivity contribution >= 4 is 15.9 Å². The number of hydrogen-bond acceptors (Lipinski definition) is 2. The molecular weight excluding hydrogens is 266 g/mol. The quantitative estimate of drug-likeness (QED) is 0.875. The van der Waals surface area contributed by atoms with Crippen LogP contribution >= 0.6 is 15.9 Å². The Morgan fingerprint density at radius 2 is 2.31 bits per heavy atom. The summed E-state index contributed by atoms with van der Waals surface area (Å²) < 4.78 is 1.03. The standard InChI is InChI=1S/C13H18BrNO/c1-9-4-5-12(14)11(13(9)16)7-10-3-2-6-15-8-10/h4-5,10,15-16H,2-3,6-8H2,1H3. The number of hydrogen-bond donors (Lipinski definition) is 2. The molecule has 0 spiro atoms. The molecule has 0 saturated carbocycles. The highest BCUT2D eigenvalue weighted by Crippen LogP contribution is 2.32. The van der Waals surface area contributed by atoms with E-state index in [0.717, 1.165) is 35.1 Å². The summed E-state index contributed by atoms with van der Waals surface area (Å²) in [5.74, 6) is 1.11. The van der Waals surface area contributed by atoms with Gasteiger partial charge in [-0.3, -0.25) is 0 Å². The van der Waals surface area contributed by atoms with E-state index in [1.165, 1.54) is 12.8 Å². The van der Waals surface area contributed by atoms with Crippen molar-refractivity contribution < 1.29 is 5.11 Å². The van der Waals surface area contributed by atoms with E-state index < -0.39 is 0 Å². The van der Waals surface area contributed by atoms with Crippen LogP contribution in [0.25, 0.3) is 0 Å². The minimum atomic E-state index is 0.458. The van der Waals surface area contributed by atoms with Gasteiger partial charge >= 0.3 is 0 Å². The van der Waals surface area contributed by atoms with Gasteiger partial charge in [0, 0.05) is 10.0 Å². The van der Waals surface area contributed by atoms with Crippen LogP contribution in [0.3, 0.4) is 0 Å². The predicted octanol–water partition coefficient (Wildman–Crippen LogP) is 3.01. The molecule has 1 aliphatic rings. The van der Waals surface area contributed by atoms with Gasteiger partial charge in [0.15, 0.2) is 0 Å². The molecule has 1 unspecified atom stereocenters. The van der Waals surface area contributed by atoms with Crippen molar-refractivity contribution in [2.24, 2.45) is 5.92 Å². The summed E-state index contributed by atoms with van der Waals surface area (Å²) >= 11 is 3.53. The molecule has 1 aliphatic heterocycles. The van der Waals surface area contributed by atoms with Crippen molar-refractivity contribution in [3.8, 4) is 5.75 Å². The van der Waals surface area contributed by atoms with Crippen LogP contribution in [0.4, 0.5) is 0 Å². The number of halogens is 1. The molecule has 1 fully saturated rings. The Hall–Kier alpha value is -0.540. The second kappa shape index (κ2) is 5.19. The summed E-state index contributed by atoms with van der Waals surface area (Å²) in [5.41, 5.74) is 2.02. The summed E-state index contributed by atoms with van der Waals surface area (Å²) in [6.07, 6.45) is 3.46. The molecule has 2 rings (SSSR count). The van der Waals surface area contributed by atoms with E-state index >= 15 is 0 Å². The summed E-state index contributed by atoms with van der Waals surface area (Å²) in [6.45, 7) is 4.15. The van der Waals surface area contributed by atoms with Crippen LogP contribution in [0.5, 0.6) is 5.75 Å². The van der Waals surface area contributed by atoms with E-state index in [2.05, 4.69) is 21.2 Å². The fourth-order valence-electron chi connectivity index (χ4n) is 2.31. The van der Waals surface area contributed by atoms with Gasteiger partial charge in [-0.1, -0.05) is 22.0 Å². The van der Waals surface area contributed by atoms with Gasteiger partial charge < -0.3 is 10.4 Å². The Balaban J connectivity index is 2.16. The number of benzene rings is 1. The van der Waals surface area contributed by atoms with E-state index in [-0.39, 0.29) is 0 Å². The molecule has 1 atom stereocenters. The summed E-state index contributed by atoms with van der Waals surface area (Å²) in [7, 11) is 0. The molecule has 1 aromatic rings. The number of phenolic OH excluding ortho intramolecular Hbond substituents is 1. The SMILES string of the molecule is Cc1ccc(Br)c(CC2CCCNC2)c1O. The monoisotopic (exact) mass is 283 g/mol. The van der Waals surface area contributed by atoms with Crippen molar-refractivity contribution in [1.82, 2.24) is 5.32 Å². The number of aryl methyl sites for hydroxylation is 1. The van der Waals surface area contributed by atoms with Crippen LogP contribution < -0.4 is 5.32 Å². The van der Waals surface area contributed by atoms with Gasteiger partial charge in [0.05, 0.1) is 0 Å². The lowest BCUT2D eigenvalue weighted by molar-refractivity contribution is 0.369. The average molecular weight is 284 g/mol. The molecule has 1 saturated heterocycles. The fourth-order valence-corrected chi connectivity index (χ4v) is 2.79.